The Morgan fingerprint density at radius 1 is 1.27 bits per heavy atom. The minimum Gasteiger partial charge on any atom is -0.452 e. The monoisotopic (exact) mass is 362 g/mol. The third kappa shape index (κ3) is 5.94. The van der Waals surface area contributed by atoms with Crippen LogP contribution in [0.1, 0.15) is 50.9 Å². The average Bonchev–Trinajstić information content (AvgIpc) is 2.89. The van der Waals surface area contributed by atoms with Crippen LogP contribution in [-0.2, 0) is 14.2 Å². The number of ether oxygens (including phenoxy) is 3. The number of aliphatic hydroxyl groups is 1. The lowest BCUT2D eigenvalue weighted by molar-refractivity contribution is -0.153. The van der Waals surface area contributed by atoms with Crippen molar-refractivity contribution in [3.05, 3.63) is 48.0 Å². The summed E-state index contributed by atoms with van der Waals surface area (Å²) in [6.45, 7) is 7.89. The van der Waals surface area contributed by atoms with Gasteiger partial charge in [0.05, 0.1) is 11.7 Å². The molecule has 144 valence electrons. The zero-order chi connectivity index (χ0) is 19.2. The molecule has 0 aliphatic carbocycles. The highest BCUT2D eigenvalue weighted by molar-refractivity contribution is 5.89. The van der Waals surface area contributed by atoms with E-state index in [1.165, 1.54) is 0 Å². The van der Waals surface area contributed by atoms with Crippen molar-refractivity contribution in [3.63, 3.8) is 0 Å². The Hall–Kier alpha value is -1.69. The highest BCUT2D eigenvalue weighted by Gasteiger charge is 2.45. The summed E-state index contributed by atoms with van der Waals surface area (Å²) >= 11 is 0. The van der Waals surface area contributed by atoms with Crippen molar-refractivity contribution in [1.29, 1.82) is 0 Å². The van der Waals surface area contributed by atoms with Gasteiger partial charge in [0.15, 0.2) is 5.79 Å². The van der Waals surface area contributed by atoms with Gasteiger partial charge in [-0.05, 0) is 50.8 Å². The lowest BCUT2D eigenvalue weighted by atomic mass is 10.0. The maximum atomic E-state index is 12.5. The predicted molar refractivity (Wildman–Crippen MR) is 99.8 cm³/mol. The molecule has 0 aromatic heterocycles. The van der Waals surface area contributed by atoms with Crippen LogP contribution in [0.5, 0.6) is 0 Å². The van der Waals surface area contributed by atoms with E-state index in [0.29, 0.717) is 17.9 Å². The second-order valence-corrected chi connectivity index (χ2v) is 7.44. The fraction of sp³-hybridized carbons (Fsp3) is 0.571. The first-order chi connectivity index (χ1) is 12.3. The number of rotatable bonds is 8. The summed E-state index contributed by atoms with van der Waals surface area (Å²) in [7, 11) is 0. The molecule has 1 saturated heterocycles. The van der Waals surface area contributed by atoms with E-state index >= 15 is 0 Å². The second kappa shape index (κ2) is 9.31. The van der Waals surface area contributed by atoms with Crippen LogP contribution in [0.15, 0.2) is 42.5 Å². The van der Waals surface area contributed by atoms with E-state index in [1.807, 2.05) is 32.1 Å². The molecule has 0 bridgehead atoms. The van der Waals surface area contributed by atoms with Gasteiger partial charge in [0.1, 0.15) is 12.2 Å². The summed E-state index contributed by atoms with van der Waals surface area (Å²) in [5, 5.41) is 9.34. The number of carbonyl (C=O) groups is 1. The van der Waals surface area contributed by atoms with E-state index in [-0.39, 0.29) is 12.7 Å². The van der Waals surface area contributed by atoms with Gasteiger partial charge in [-0.1, -0.05) is 38.1 Å². The summed E-state index contributed by atoms with van der Waals surface area (Å²) in [6.07, 6.45) is 3.80. The molecule has 1 aliphatic heterocycles. The van der Waals surface area contributed by atoms with Crippen molar-refractivity contribution < 1.29 is 24.1 Å². The first-order valence-electron chi connectivity index (χ1n) is 9.21. The van der Waals surface area contributed by atoms with Crippen molar-refractivity contribution in [2.45, 2.75) is 64.6 Å². The predicted octanol–water partition coefficient (Wildman–Crippen LogP) is 3.72. The van der Waals surface area contributed by atoms with Crippen molar-refractivity contribution in [2.24, 2.45) is 5.92 Å². The van der Waals surface area contributed by atoms with E-state index in [2.05, 4.69) is 13.8 Å². The minimum absolute atomic E-state index is 0.0182. The third-order valence-corrected chi connectivity index (χ3v) is 4.14. The van der Waals surface area contributed by atoms with Gasteiger partial charge in [-0.2, -0.15) is 0 Å². The molecular formula is C21H30O5. The molecule has 3 atom stereocenters. The molecular weight excluding hydrogens is 332 g/mol. The number of esters is 1. The standard InChI is InChI=1S/C21H30O5/c1-15(2)9-8-12-17(24-20(23)16-10-6-5-7-11-16)19-18(13-14-22)25-21(3,4)26-19/h5-8,10-12,15,17-19,22H,9,13-14H2,1-4H3/b12-8-/t17?,18-,19+/m0/s1. The van der Waals surface area contributed by atoms with Crippen LogP contribution in [0.3, 0.4) is 0 Å². The molecule has 1 unspecified atom stereocenters. The van der Waals surface area contributed by atoms with E-state index in [9.17, 15) is 9.90 Å². The Morgan fingerprint density at radius 2 is 1.96 bits per heavy atom. The van der Waals surface area contributed by atoms with Crippen molar-refractivity contribution in [3.8, 4) is 0 Å². The quantitative estimate of drug-likeness (QED) is 0.564. The fourth-order valence-electron chi connectivity index (χ4n) is 2.96. The summed E-state index contributed by atoms with van der Waals surface area (Å²) in [6, 6.07) is 8.89. The zero-order valence-corrected chi connectivity index (χ0v) is 16.1. The van der Waals surface area contributed by atoms with Crippen LogP contribution in [-0.4, -0.2) is 41.8 Å². The lowest BCUT2D eigenvalue weighted by Gasteiger charge is -2.24. The summed E-state index contributed by atoms with van der Waals surface area (Å²) in [4.78, 5) is 12.5. The number of hydrogen-bond acceptors (Lipinski definition) is 5. The van der Waals surface area contributed by atoms with Crippen LogP contribution in [0.2, 0.25) is 0 Å². The van der Waals surface area contributed by atoms with Gasteiger partial charge < -0.3 is 19.3 Å². The minimum atomic E-state index is -0.784. The Balaban J connectivity index is 2.19. The van der Waals surface area contributed by atoms with E-state index in [4.69, 9.17) is 14.2 Å². The molecule has 0 amide bonds. The maximum Gasteiger partial charge on any atom is 0.338 e. The maximum absolute atomic E-state index is 12.5. The number of allylic oxidation sites excluding steroid dienone is 1. The highest BCUT2D eigenvalue weighted by Crippen LogP contribution is 2.33. The van der Waals surface area contributed by atoms with Gasteiger partial charge >= 0.3 is 5.97 Å². The van der Waals surface area contributed by atoms with Crippen LogP contribution in [0.4, 0.5) is 0 Å². The zero-order valence-electron chi connectivity index (χ0n) is 16.1. The molecule has 1 aromatic rings. The van der Waals surface area contributed by atoms with Crippen LogP contribution in [0.25, 0.3) is 0 Å². The molecule has 0 radical (unpaired) electrons. The van der Waals surface area contributed by atoms with Crippen LogP contribution >= 0.6 is 0 Å². The Kier molecular flexibility index (Phi) is 7.38. The van der Waals surface area contributed by atoms with Gasteiger partial charge in [-0.25, -0.2) is 4.79 Å². The summed E-state index contributed by atoms with van der Waals surface area (Å²) < 4.78 is 17.7. The molecule has 1 aliphatic rings. The van der Waals surface area contributed by atoms with Crippen LogP contribution in [0, 0.1) is 5.92 Å². The largest absolute Gasteiger partial charge is 0.452 e. The first kappa shape index (κ1) is 20.6. The second-order valence-electron chi connectivity index (χ2n) is 7.44. The molecule has 1 aromatic carbocycles. The van der Waals surface area contributed by atoms with E-state index < -0.39 is 24.0 Å². The number of carbonyl (C=O) groups excluding carboxylic acids is 1. The molecule has 2 rings (SSSR count). The molecule has 1 N–H and O–H groups in total. The summed E-state index contributed by atoms with van der Waals surface area (Å²) in [5.41, 5.74) is 0.492. The van der Waals surface area contributed by atoms with Crippen molar-refractivity contribution >= 4 is 5.97 Å². The van der Waals surface area contributed by atoms with Gasteiger partial charge in [-0.15, -0.1) is 0 Å². The Morgan fingerprint density at radius 3 is 2.58 bits per heavy atom. The van der Waals surface area contributed by atoms with Gasteiger partial charge in [0, 0.05) is 6.61 Å². The normalized spacial score (nSPS) is 23.5. The SMILES string of the molecule is CC(C)C/C=C\C(OC(=O)c1ccccc1)[C@H]1OC(C)(C)O[C@H]1CCO. The van der Waals surface area contributed by atoms with Gasteiger partial charge in [0.2, 0.25) is 0 Å². The van der Waals surface area contributed by atoms with Crippen molar-refractivity contribution in [2.75, 3.05) is 6.61 Å². The first-order valence-corrected chi connectivity index (χ1v) is 9.21. The topological polar surface area (TPSA) is 65.0 Å². The number of hydrogen-bond donors (Lipinski definition) is 1. The smallest absolute Gasteiger partial charge is 0.338 e. The molecule has 5 heteroatoms. The lowest BCUT2D eigenvalue weighted by Crippen LogP contribution is -2.38. The van der Waals surface area contributed by atoms with E-state index in [1.54, 1.807) is 24.3 Å². The molecule has 1 fully saturated rings. The summed E-state index contributed by atoms with van der Waals surface area (Å²) in [5.74, 6) is -0.684. The van der Waals surface area contributed by atoms with E-state index in [0.717, 1.165) is 6.42 Å². The van der Waals surface area contributed by atoms with Gasteiger partial charge in [-0.3, -0.25) is 0 Å². The number of aliphatic hydroxyl groups excluding tert-OH is 1. The van der Waals surface area contributed by atoms with Crippen molar-refractivity contribution in [1.82, 2.24) is 0 Å². The molecule has 5 nitrogen and oxygen atoms in total. The highest BCUT2D eigenvalue weighted by atomic mass is 16.8. The van der Waals surface area contributed by atoms with Crippen LogP contribution < -0.4 is 0 Å². The molecule has 26 heavy (non-hydrogen) atoms. The van der Waals surface area contributed by atoms with Gasteiger partial charge in [0.25, 0.3) is 0 Å². The fourth-order valence-corrected chi connectivity index (χ4v) is 2.96. The average molecular weight is 362 g/mol. The Labute approximate surface area is 156 Å². The Bertz CT molecular complexity index is 594. The number of benzene rings is 1. The third-order valence-electron chi connectivity index (χ3n) is 4.14. The molecule has 0 saturated carbocycles. The molecule has 0 spiro atoms. The molecule has 1 heterocycles.